The number of cyclic esters (lactones) is 1. The van der Waals surface area contributed by atoms with Crippen molar-refractivity contribution in [3.8, 4) is 6.07 Å². The van der Waals surface area contributed by atoms with E-state index < -0.39 is 0 Å². The molecule has 0 radical (unpaired) electrons. The Kier molecular flexibility index (Phi) is 2.66. The molecule has 66 valence electrons. The van der Waals surface area contributed by atoms with Gasteiger partial charge < -0.3 is 4.74 Å². The maximum Gasteiger partial charge on any atom is 0.323 e. The average Bonchev–Trinajstić information content (AvgIpc) is 2.48. The lowest BCUT2D eigenvalue weighted by Gasteiger charge is -2.22. The number of carbonyl (C=O) groups excluding carboxylic acids is 1. The topological polar surface area (TPSA) is 53.3 Å². The van der Waals surface area contributed by atoms with Crippen molar-refractivity contribution in [1.29, 1.82) is 5.26 Å². The summed E-state index contributed by atoms with van der Waals surface area (Å²) in [5.74, 6) is -0.209. The van der Waals surface area contributed by atoms with Gasteiger partial charge in [-0.25, -0.2) is 0 Å². The van der Waals surface area contributed by atoms with Crippen LogP contribution in [0.25, 0.3) is 0 Å². The SMILES string of the molecule is CC(C#N)N(C)C1CCOC1=O. The first-order chi connectivity index (χ1) is 5.66. The van der Waals surface area contributed by atoms with Gasteiger partial charge in [-0.05, 0) is 14.0 Å². The van der Waals surface area contributed by atoms with E-state index in [4.69, 9.17) is 10.00 Å². The summed E-state index contributed by atoms with van der Waals surface area (Å²) in [6.07, 6.45) is 0.696. The minimum atomic E-state index is -0.236. The number of ether oxygens (including phenoxy) is 1. The van der Waals surface area contributed by atoms with Crippen LogP contribution in [0.3, 0.4) is 0 Å². The normalized spacial score (nSPS) is 25.2. The summed E-state index contributed by atoms with van der Waals surface area (Å²) in [5.41, 5.74) is 0. The number of carbonyl (C=O) groups is 1. The highest BCUT2D eigenvalue weighted by Crippen LogP contribution is 2.14. The molecular weight excluding hydrogens is 156 g/mol. The van der Waals surface area contributed by atoms with Crippen LogP contribution in [-0.4, -0.2) is 36.6 Å². The number of nitriles is 1. The summed E-state index contributed by atoms with van der Waals surface area (Å²) in [5, 5.41) is 8.61. The third-order valence-corrected chi connectivity index (χ3v) is 2.20. The van der Waals surface area contributed by atoms with E-state index >= 15 is 0 Å². The van der Waals surface area contributed by atoms with Crippen LogP contribution in [-0.2, 0) is 9.53 Å². The molecule has 0 spiro atoms. The van der Waals surface area contributed by atoms with Gasteiger partial charge in [-0.3, -0.25) is 9.69 Å². The second kappa shape index (κ2) is 3.55. The van der Waals surface area contributed by atoms with Crippen molar-refractivity contribution >= 4 is 5.97 Å². The van der Waals surface area contributed by atoms with Gasteiger partial charge >= 0.3 is 5.97 Å². The molecule has 0 aromatic heterocycles. The van der Waals surface area contributed by atoms with E-state index in [1.807, 2.05) is 0 Å². The van der Waals surface area contributed by atoms with Crippen molar-refractivity contribution in [3.63, 3.8) is 0 Å². The highest BCUT2D eigenvalue weighted by Gasteiger charge is 2.32. The largest absolute Gasteiger partial charge is 0.464 e. The number of hydrogen-bond acceptors (Lipinski definition) is 4. The molecule has 12 heavy (non-hydrogen) atoms. The third-order valence-electron chi connectivity index (χ3n) is 2.20. The van der Waals surface area contributed by atoms with Gasteiger partial charge in [0, 0.05) is 6.42 Å². The molecule has 1 rings (SSSR count). The molecule has 4 nitrogen and oxygen atoms in total. The second-order valence-electron chi connectivity index (χ2n) is 2.94. The van der Waals surface area contributed by atoms with Crippen LogP contribution in [0, 0.1) is 11.3 Å². The monoisotopic (exact) mass is 168 g/mol. The quantitative estimate of drug-likeness (QED) is 0.550. The molecule has 0 bridgehead atoms. The summed E-state index contributed by atoms with van der Waals surface area (Å²) in [7, 11) is 1.77. The molecule has 1 fully saturated rings. The van der Waals surface area contributed by atoms with Crippen LogP contribution in [0.5, 0.6) is 0 Å². The van der Waals surface area contributed by atoms with Crippen LogP contribution < -0.4 is 0 Å². The summed E-state index contributed by atoms with van der Waals surface area (Å²) in [6, 6.07) is 1.62. The molecule has 0 aliphatic carbocycles. The fourth-order valence-corrected chi connectivity index (χ4v) is 1.22. The van der Waals surface area contributed by atoms with E-state index in [0.717, 1.165) is 0 Å². The number of likely N-dealkylation sites (N-methyl/N-ethyl adjacent to an activating group) is 1. The number of esters is 1. The Balaban J connectivity index is 2.58. The van der Waals surface area contributed by atoms with Gasteiger partial charge in [-0.15, -0.1) is 0 Å². The molecule has 0 amide bonds. The fourth-order valence-electron chi connectivity index (χ4n) is 1.22. The van der Waals surface area contributed by atoms with Crippen molar-refractivity contribution in [2.24, 2.45) is 0 Å². The zero-order valence-corrected chi connectivity index (χ0v) is 7.28. The van der Waals surface area contributed by atoms with Crippen molar-refractivity contribution in [3.05, 3.63) is 0 Å². The van der Waals surface area contributed by atoms with Crippen LogP contribution in [0.4, 0.5) is 0 Å². The zero-order chi connectivity index (χ0) is 9.14. The number of rotatable bonds is 2. The summed E-state index contributed by atoms with van der Waals surface area (Å²) < 4.78 is 4.79. The minimum absolute atomic E-state index is 0.209. The van der Waals surface area contributed by atoms with Crippen LogP contribution in [0.15, 0.2) is 0 Å². The molecular formula is C8H12N2O2. The van der Waals surface area contributed by atoms with Gasteiger partial charge in [-0.2, -0.15) is 5.26 Å². The molecule has 4 heteroatoms. The first kappa shape index (κ1) is 9.01. The molecule has 1 aliphatic heterocycles. The van der Waals surface area contributed by atoms with Crippen LogP contribution in [0.2, 0.25) is 0 Å². The van der Waals surface area contributed by atoms with Gasteiger partial charge in [0.05, 0.1) is 18.7 Å². The molecule has 0 aromatic carbocycles. The van der Waals surface area contributed by atoms with Gasteiger partial charge in [-0.1, -0.05) is 0 Å². The summed E-state index contributed by atoms with van der Waals surface area (Å²) in [6.45, 7) is 2.25. The molecule has 0 saturated carbocycles. The maximum atomic E-state index is 11.1. The van der Waals surface area contributed by atoms with Gasteiger partial charge in [0.25, 0.3) is 0 Å². The standard InChI is InChI=1S/C8H12N2O2/c1-6(5-9)10(2)7-3-4-12-8(7)11/h6-7H,3-4H2,1-2H3. The highest BCUT2D eigenvalue weighted by atomic mass is 16.5. The lowest BCUT2D eigenvalue weighted by molar-refractivity contribution is -0.142. The molecule has 0 aromatic rings. The van der Waals surface area contributed by atoms with Crippen molar-refractivity contribution < 1.29 is 9.53 Å². The van der Waals surface area contributed by atoms with E-state index in [1.165, 1.54) is 0 Å². The van der Waals surface area contributed by atoms with Gasteiger partial charge in [0.15, 0.2) is 0 Å². The lowest BCUT2D eigenvalue weighted by atomic mass is 10.2. The van der Waals surface area contributed by atoms with E-state index in [-0.39, 0.29) is 18.1 Å². The molecule has 1 heterocycles. The Morgan fingerprint density at radius 1 is 1.83 bits per heavy atom. The highest BCUT2D eigenvalue weighted by molar-refractivity contribution is 5.77. The van der Waals surface area contributed by atoms with Crippen molar-refractivity contribution in [2.45, 2.75) is 25.4 Å². The number of hydrogen-bond donors (Lipinski definition) is 0. The smallest absolute Gasteiger partial charge is 0.323 e. The Morgan fingerprint density at radius 2 is 2.50 bits per heavy atom. The van der Waals surface area contributed by atoms with Crippen LogP contribution >= 0.6 is 0 Å². The predicted molar refractivity (Wildman–Crippen MR) is 42.2 cm³/mol. The van der Waals surface area contributed by atoms with E-state index in [0.29, 0.717) is 13.0 Å². The van der Waals surface area contributed by atoms with Gasteiger partial charge in [0.1, 0.15) is 6.04 Å². The Labute approximate surface area is 71.7 Å². The zero-order valence-electron chi connectivity index (χ0n) is 7.28. The van der Waals surface area contributed by atoms with Gasteiger partial charge in [0.2, 0.25) is 0 Å². The molecule has 2 unspecified atom stereocenters. The van der Waals surface area contributed by atoms with E-state index in [9.17, 15) is 4.79 Å². The first-order valence-electron chi connectivity index (χ1n) is 3.95. The lowest BCUT2D eigenvalue weighted by Crippen LogP contribution is -2.40. The third kappa shape index (κ3) is 1.56. The Hall–Kier alpha value is -1.08. The average molecular weight is 168 g/mol. The summed E-state index contributed by atoms with van der Waals surface area (Å²) in [4.78, 5) is 12.8. The number of nitrogens with zero attached hydrogens (tertiary/aromatic N) is 2. The Bertz CT molecular complexity index is 222. The molecule has 2 atom stereocenters. The minimum Gasteiger partial charge on any atom is -0.464 e. The van der Waals surface area contributed by atoms with Crippen molar-refractivity contribution in [1.82, 2.24) is 4.90 Å². The van der Waals surface area contributed by atoms with E-state index in [2.05, 4.69) is 6.07 Å². The predicted octanol–water partition coefficient (Wildman–Crippen LogP) is 0.146. The first-order valence-corrected chi connectivity index (χ1v) is 3.95. The Morgan fingerprint density at radius 3 is 2.92 bits per heavy atom. The second-order valence-corrected chi connectivity index (χ2v) is 2.94. The summed E-state index contributed by atoms with van der Waals surface area (Å²) >= 11 is 0. The van der Waals surface area contributed by atoms with E-state index in [1.54, 1.807) is 18.9 Å². The maximum absolute atomic E-state index is 11.1. The molecule has 1 saturated heterocycles. The molecule has 0 N–H and O–H groups in total. The van der Waals surface area contributed by atoms with Crippen LogP contribution in [0.1, 0.15) is 13.3 Å². The fraction of sp³-hybridized carbons (Fsp3) is 0.750. The van der Waals surface area contributed by atoms with Crippen molar-refractivity contribution in [2.75, 3.05) is 13.7 Å². The molecule has 1 aliphatic rings.